The molecule has 0 aromatic carbocycles. The molecule has 0 radical (unpaired) electrons. The summed E-state index contributed by atoms with van der Waals surface area (Å²) >= 11 is 0. The van der Waals surface area contributed by atoms with Crippen molar-refractivity contribution in [3.63, 3.8) is 0 Å². The Morgan fingerprint density at radius 2 is 2.12 bits per heavy atom. The smallest absolute Gasteiger partial charge is 0.227 e. The molecular formula is C13H23N3O. The Morgan fingerprint density at radius 1 is 1.24 bits per heavy atom. The molecule has 3 aliphatic rings. The Bertz CT molecular complexity index is 307. The van der Waals surface area contributed by atoms with Crippen molar-refractivity contribution < 1.29 is 4.79 Å². The molecule has 1 amide bonds. The van der Waals surface area contributed by atoms with Crippen molar-refractivity contribution in [3.05, 3.63) is 0 Å². The Morgan fingerprint density at radius 3 is 2.88 bits per heavy atom. The van der Waals surface area contributed by atoms with Gasteiger partial charge in [-0.3, -0.25) is 9.69 Å². The van der Waals surface area contributed by atoms with Gasteiger partial charge in [0.2, 0.25) is 5.91 Å². The number of fused-ring (bicyclic) bond motifs is 1. The van der Waals surface area contributed by atoms with Crippen LogP contribution in [-0.2, 0) is 4.79 Å². The van der Waals surface area contributed by atoms with Gasteiger partial charge in [0, 0.05) is 31.7 Å². The molecule has 4 nitrogen and oxygen atoms in total. The number of nitrogens with zero attached hydrogens (tertiary/aromatic N) is 2. The third kappa shape index (κ3) is 2.08. The van der Waals surface area contributed by atoms with E-state index in [1.807, 2.05) is 0 Å². The second-order valence-electron chi connectivity index (χ2n) is 5.75. The first-order valence-electron chi connectivity index (χ1n) is 7.02. The molecule has 3 saturated heterocycles. The van der Waals surface area contributed by atoms with E-state index in [0.29, 0.717) is 18.0 Å². The molecule has 3 aliphatic heterocycles. The minimum atomic E-state index is 0.225. The van der Waals surface area contributed by atoms with Gasteiger partial charge in [-0.2, -0.15) is 0 Å². The van der Waals surface area contributed by atoms with E-state index in [-0.39, 0.29) is 5.92 Å². The highest BCUT2D eigenvalue weighted by Gasteiger charge is 2.37. The molecule has 96 valence electrons. The lowest BCUT2D eigenvalue weighted by atomic mass is 9.99. The quantitative estimate of drug-likeness (QED) is 0.712. The summed E-state index contributed by atoms with van der Waals surface area (Å²) in [6, 6.07) is 1.02. The highest BCUT2D eigenvalue weighted by Crippen LogP contribution is 2.24. The van der Waals surface area contributed by atoms with E-state index in [1.54, 1.807) is 0 Å². The summed E-state index contributed by atoms with van der Waals surface area (Å²) in [5.41, 5.74) is 0. The van der Waals surface area contributed by atoms with E-state index in [2.05, 4.69) is 22.0 Å². The lowest BCUT2D eigenvalue weighted by Gasteiger charge is -2.39. The standard InChI is InChI=1S/C13H23N3O/c1-10-12(4-5-14-10)13(17)16-8-7-15-6-2-3-11(15)9-16/h10-12,14H,2-9H2,1H3. The van der Waals surface area contributed by atoms with Gasteiger partial charge in [0.1, 0.15) is 0 Å². The minimum absolute atomic E-state index is 0.225. The number of hydrogen-bond acceptors (Lipinski definition) is 3. The Labute approximate surface area is 103 Å². The average Bonchev–Trinajstić information content (AvgIpc) is 2.95. The van der Waals surface area contributed by atoms with Crippen molar-refractivity contribution in [2.45, 2.75) is 38.3 Å². The second-order valence-corrected chi connectivity index (χ2v) is 5.75. The van der Waals surface area contributed by atoms with Crippen molar-refractivity contribution in [2.75, 3.05) is 32.7 Å². The van der Waals surface area contributed by atoms with E-state index in [0.717, 1.165) is 32.6 Å². The van der Waals surface area contributed by atoms with Crippen LogP contribution in [0.5, 0.6) is 0 Å². The van der Waals surface area contributed by atoms with Crippen LogP contribution in [0.25, 0.3) is 0 Å². The minimum Gasteiger partial charge on any atom is -0.340 e. The van der Waals surface area contributed by atoms with Crippen LogP contribution in [0.15, 0.2) is 0 Å². The maximum atomic E-state index is 12.5. The van der Waals surface area contributed by atoms with E-state index in [1.165, 1.54) is 19.4 Å². The highest BCUT2D eigenvalue weighted by molar-refractivity contribution is 5.80. The normalized spacial score (nSPS) is 38.4. The fraction of sp³-hybridized carbons (Fsp3) is 0.923. The van der Waals surface area contributed by atoms with Gasteiger partial charge in [0.05, 0.1) is 5.92 Å². The van der Waals surface area contributed by atoms with E-state index in [9.17, 15) is 4.79 Å². The van der Waals surface area contributed by atoms with Crippen LogP contribution in [0.2, 0.25) is 0 Å². The predicted molar refractivity (Wildman–Crippen MR) is 66.7 cm³/mol. The first-order chi connectivity index (χ1) is 8.25. The van der Waals surface area contributed by atoms with Crippen LogP contribution >= 0.6 is 0 Å². The molecule has 0 aromatic rings. The van der Waals surface area contributed by atoms with E-state index >= 15 is 0 Å². The summed E-state index contributed by atoms with van der Waals surface area (Å²) in [6.45, 7) is 7.39. The molecule has 3 heterocycles. The van der Waals surface area contributed by atoms with Crippen LogP contribution < -0.4 is 5.32 Å². The maximum absolute atomic E-state index is 12.5. The van der Waals surface area contributed by atoms with Gasteiger partial charge < -0.3 is 10.2 Å². The van der Waals surface area contributed by atoms with Crippen LogP contribution in [0.3, 0.4) is 0 Å². The number of carbonyl (C=O) groups is 1. The van der Waals surface area contributed by atoms with Crippen LogP contribution in [0.1, 0.15) is 26.2 Å². The molecule has 1 N–H and O–H groups in total. The van der Waals surface area contributed by atoms with Gasteiger partial charge in [0.15, 0.2) is 0 Å². The van der Waals surface area contributed by atoms with Gasteiger partial charge in [0.25, 0.3) is 0 Å². The first kappa shape index (κ1) is 11.5. The number of nitrogens with one attached hydrogen (secondary N) is 1. The molecular weight excluding hydrogens is 214 g/mol. The summed E-state index contributed by atoms with van der Waals surface area (Å²) < 4.78 is 0. The molecule has 0 bridgehead atoms. The van der Waals surface area contributed by atoms with Gasteiger partial charge in [-0.15, -0.1) is 0 Å². The molecule has 0 aromatic heterocycles. The molecule has 4 heteroatoms. The summed E-state index contributed by atoms with van der Waals surface area (Å²) in [5, 5.41) is 3.38. The Hall–Kier alpha value is -0.610. The molecule has 0 aliphatic carbocycles. The van der Waals surface area contributed by atoms with Crippen LogP contribution in [-0.4, -0.2) is 60.5 Å². The van der Waals surface area contributed by atoms with E-state index in [4.69, 9.17) is 0 Å². The Kier molecular flexibility index (Phi) is 3.09. The third-order valence-corrected chi connectivity index (χ3v) is 4.74. The lowest BCUT2D eigenvalue weighted by Crippen LogP contribution is -2.54. The summed E-state index contributed by atoms with van der Waals surface area (Å²) in [4.78, 5) is 17.1. The predicted octanol–water partition coefficient (Wildman–Crippen LogP) is 0.291. The molecule has 0 saturated carbocycles. The molecule has 3 atom stereocenters. The Balaban J connectivity index is 1.62. The average molecular weight is 237 g/mol. The fourth-order valence-corrected chi connectivity index (χ4v) is 3.62. The summed E-state index contributed by atoms with van der Waals surface area (Å²) in [6.07, 6.45) is 3.61. The molecule has 3 rings (SSSR count). The maximum Gasteiger partial charge on any atom is 0.227 e. The zero-order chi connectivity index (χ0) is 11.8. The second kappa shape index (κ2) is 4.58. The third-order valence-electron chi connectivity index (χ3n) is 4.74. The fourth-order valence-electron chi connectivity index (χ4n) is 3.62. The molecule has 3 fully saturated rings. The van der Waals surface area contributed by atoms with Crippen molar-refractivity contribution >= 4 is 5.91 Å². The zero-order valence-electron chi connectivity index (χ0n) is 10.7. The van der Waals surface area contributed by atoms with Crippen molar-refractivity contribution in [3.8, 4) is 0 Å². The molecule has 17 heavy (non-hydrogen) atoms. The number of amides is 1. The summed E-state index contributed by atoms with van der Waals surface area (Å²) in [5.74, 6) is 0.622. The van der Waals surface area contributed by atoms with Gasteiger partial charge >= 0.3 is 0 Å². The highest BCUT2D eigenvalue weighted by atomic mass is 16.2. The SMILES string of the molecule is CC1NCCC1C(=O)N1CCN2CCCC2C1. The number of hydrogen-bond donors (Lipinski definition) is 1. The summed E-state index contributed by atoms with van der Waals surface area (Å²) in [7, 11) is 0. The number of piperazine rings is 1. The largest absolute Gasteiger partial charge is 0.340 e. The molecule has 0 spiro atoms. The van der Waals surface area contributed by atoms with Gasteiger partial charge in [-0.25, -0.2) is 0 Å². The van der Waals surface area contributed by atoms with Crippen molar-refractivity contribution in [1.82, 2.24) is 15.1 Å². The van der Waals surface area contributed by atoms with Crippen molar-refractivity contribution in [1.29, 1.82) is 0 Å². The number of rotatable bonds is 1. The van der Waals surface area contributed by atoms with Crippen LogP contribution in [0.4, 0.5) is 0 Å². The first-order valence-corrected chi connectivity index (χ1v) is 7.02. The monoisotopic (exact) mass is 237 g/mol. The molecule has 3 unspecified atom stereocenters. The van der Waals surface area contributed by atoms with Crippen molar-refractivity contribution in [2.24, 2.45) is 5.92 Å². The zero-order valence-corrected chi connectivity index (χ0v) is 10.7. The van der Waals surface area contributed by atoms with Gasteiger partial charge in [-0.05, 0) is 39.3 Å². The topological polar surface area (TPSA) is 35.6 Å². The van der Waals surface area contributed by atoms with Gasteiger partial charge in [-0.1, -0.05) is 0 Å². The lowest BCUT2D eigenvalue weighted by molar-refractivity contribution is -0.138. The number of carbonyl (C=O) groups excluding carboxylic acids is 1. The van der Waals surface area contributed by atoms with E-state index < -0.39 is 0 Å². The van der Waals surface area contributed by atoms with Crippen LogP contribution in [0, 0.1) is 5.92 Å².